The number of piperazine rings is 1. The van der Waals surface area contributed by atoms with E-state index < -0.39 is 11.7 Å². The van der Waals surface area contributed by atoms with Gasteiger partial charge in [0.15, 0.2) is 0 Å². The van der Waals surface area contributed by atoms with Crippen LogP contribution >= 0.6 is 0 Å². The van der Waals surface area contributed by atoms with Crippen LogP contribution in [0.1, 0.15) is 36.4 Å². The van der Waals surface area contributed by atoms with Gasteiger partial charge < -0.3 is 10.1 Å². The number of nitrogens with zero attached hydrogens (tertiary/aromatic N) is 1. The second kappa shape index (κ2) is 6.69. The highest BCUT2D eigenvalue weighted by atomic mass is 19.4. The first-order valence-corrected chi connectivity index (χ1v) is 8.20. The van der Waals surface area contributed by atoms with Crippen LogP contribution in [0.3, 0.4) is 0 Å². The lowest BCUT2D eigenvalue weighted by atomic mass is 9.75. The molecule has 0 aromatic heterocycles. The lowest BCUT2D eigenvalue weighted by Gasteiger charge is -2.44. The molecule has 1 atom stereocenters. The van der Waals surface area contributed by atoms with Crippen molar-refractivity contribution in [1.82, 2.24) is 10.2 Å². The van der Waals surface area contributed by atoms with Crippen molar-refractivity contribution in [2.75, 3.05) is 33.3 Å². The smallest absolute Gasteiger partial charge is 0.416 e. The van der Waals surface area contributed by atoms with Gasteiger partial charge in [-0.1, -0.05) is 12.5 Å². The number of benzene rings is 1. The van der Waals surface area contributed by atoms with Gasteiger partial charge in [-0.2, -0.15) is 13.2 Å². The molecule has 0 radical (unpaired) electrons. The molecule has 2 fully saturated rings. The lowest BCUT2D eigenvalue weighted by Crippen LogP contribution is -2.48. The quantitative estimate of drug-likeness (QED) is 0.916. The molecular weight excluding hydrogens is 305 g/mol. The maximum absolute atomic E-state index is 13.6. The van der Waals surface area contributed by atoms with Crippen LogP contribution in [0.5, 0.6) is 5.75 Å². The van der Waals surface area contributed by atoms with Crippen LogP contribution in [0, 0.1) is 5.92 Å². The van der Waals surface area contributed by atoms with Crippen LogP contribution < -0.4 is 10.1 Å². The third-order valence-corrected chi connectivity index (χ3v) is 5.03. The number of ether oxygens (including phenoxy) is 1. The molecule has 2 aliphatic rings. The van der Waals surface area contributed by atoms with Crippen LogP contribution in [0.15, 0.2) is 18.2 Å². The molecular formula is C17H23F3N2O. The van der Waals surface area contributed by atoms with Crippen molar-refractivity contribution in [3.8, 4) is 5.75 Å². The van der Waals surface area contributed by atoms with Crippen molar-refractivity contribution < 1.29 is 17.9 Å². The molecule has 1 saturated heterocycles. The molecule has 3 rings (SSSR count). The number of nitrogens with one attached hydrogen (secondary N) is 1. The Balaban J connectivity index is 2.00. The largest absolute Gasteiger partial charge is 0.497 e. The molecule has 1 saturated carbocycles. The monoisotopic (exact) mass is 328 g/mol. The zero-order valence-electron chi connectivity index (χ0n) is 13.3. The summed E-state index contributed by atoms with van der Waals surface area (Å²) in [5.74, 6) is 0.580. The van der Waals surface area contributed by atoms with Crippen LogP contribution in [0.25, 0.3) is 0 Å². The standard InChI is InChI=1S/C17H23F3N2O/c1-23-13-5-6-14(15(11-13)17(18,19)20)16(12-3-2-4-12)22-9-7-21-8-10-22/h5-6,11-12,16,21H,2-4,7-10H2,1H3/t16-/m0/s1. The maximum atomic E-state index is 13.6. The second-order valence-electron chi connectivity index (χ2n) is 6.37. The van der Waals surface area contributed by atoms with Gasteiger partial charge in [0.25, 0.3) is 0 Å². The third kappa shape index (κ3) is 3.48. The topological polar surface area (TPSA) is 24.5 Å². The lowest BCUT2D eigenvalue weighted by molar-refractivity contribution is -0.139. The fourth-order valence-electron chi connectivity index (χ4n) is 3.63. The molecule has 0 unspecified atom stereocenters. The number of halogens is 3. The average Bonchev–Trinajstić information content (AvgIpc) is 2.50. The second-order valence-corrected chi connectivity index (χ2v) is 6.37. The van der Waals surface area contributed by atoms with E-state index in [4.69, 9.17) is 4.74 Å². The van der Waals surface area contributed by atoms with E-state index >= 15 is 0 Å². The molecule has 6 heteroatoms. The molecule has 0 spiro atoms. The molecule has 23 heavy (non-hydrogen) atoms. The van der Waals surface area contributed by atoms with Crippen molar-refractivity contribution in [3.05, 3.63) is 29.3 Å². The highest BCUT2D eigenvalue weighted by Gasteiger charge is 2.41. The molecule has 1 N–H and O–H groups in total. The molecule has 128 valence electrons. The highest BCUT2D eigenvalue weighted by Crippen LogP contribution is 2.46. The number of alkyl halides is 3. The van der Waals surface area contributed by atoms with E-state index in [0.717, 1.165) is 51.5 Å². The predicted octanol–water partition coefficient (Wildman–Crippen LogP) is 3.46. The summed E-state index contributed by atoms with van der Waals surface area (Å²) >= 11 is 0. The van der Waals surface area contributed by atoms with Gasteiger partial charge in [-0.25, -0.2) is 0 Å². The Kier molecular flexibility index (Phi) is 4.82. The Morgan fingerprint density at radius 1 is 1.22 bits per heavy atom. The van der Waals surface area contributed by atoms with Crippen molar-refractivity contribution in [2.45, 2.75) is 31.5 Å². The Morgan fingerprint density at radius 3 is 2.43 bits per heavy atom. The zero-order valence-corrected chi connectivity index (χ0v) is 13.3. The van der Waals surface area contributed by atoms with E-state index in [1.165, 1.54) is 7.11 Å². The number of hydrogen-bond acceptors (Lipinski definition) is 3. The van der Waals surface area contributed by atoms with Crippen LogP contribution in [0.4, 0.5) is 13.2 Å². The van der Waals surface area contributed by atoms with Crippen LogP contribution in [0.2, 0.25) is 0 Å². The molecule has 1 aliphatic carbocycles. The van der Waals surface area contributed by atoms with E-state index in [1.54, 1.807) is 12.1 Å². The van der Waals surface area contributed by atoms with Gasteiger partial charge in [-0.05, 0) is 36.5 Å². The Labute approximate surface area is 134 Å². The molecule has 1 heterocycles. The average molecular weight is 328 g/mol. The molecule has 1 aliphatic heterocycles. The summed E-state index contributed by atoms with van der Waals surface area (Å²) in [5, 5.41) is 3.28. The van der Waals surface area contributed by atoms with Crippen molar-refractivity contribution in [2.24, 2.45) is 5.92 Å². The molecule has 0 amide bonds. The molecule has 1 aromatic carbocycles. The minimum Gasteiger partial charge on any atom is -0.497 e. The number of rotatable bonds is 4. The summed E-state index contributed by atoms with van der Waals surface area (Å²) in [5.41, 5.74) is -0.141. The fraction of sp³-hybridized carbons (Fsp3) is 0.647. The van der Waals surface area contributed by atoms with Crippen LogP contribution in [-0.2, 0) is 6.18 Å². The Bertz CT molecular complexity index is 537. The normalized spacial score (nSPS) is 21.7. The maximum Gasteiger partial charge on any atom is 0.416 e. The Morgan fingerprint density at radius 2 is 1.91 bits per heavy atom. The Hall–Kier alpha value is -1.27. The predicted molar refractivity (Wildman–Crippen MR) is 82.5 cm³/mol. The number of hydrogen-bond donors (Lipinski definition) is 1. The summed E-state index contributed by atoms with van der Waals surface area (Å²) in [6, 6.07) is 4.27. The SMILES string of the molecule is COc1ccc([C@H](C2CCC2)N2CCNCC2)c(C(F)(F)F)c1. The van der Waals surface area contributed by atoms with E-state index in [9.17, 15) is 13.2 Å². The first kappa shape index (κ1) is 16.6. The van der Waals surface area contributed by atoms with E-state index in [0.29, 0.717) is 11.5 Å². The third-order valence-electron chi connectivity index (χ3n) is 5.03. The summed E-state index contributed by atoms with van der Waals surface area (Å²) in [4.78, 5) is 2.22. The minimum atomic E-state index is -4.36. The zero-order chi connectivity index (χ0) is 16.4. The minimum absolute atomic E-state index is 0.145. The van der Waals surface area contributed by atoms with Gasteiger partial charge in [0.05, 0.1) is 12.7 Å². The van der Waals surface area contributed by atoms with Gasteiger partial charge in [-0.15, -0.1) is 0 Å². The van der Waals surface area contributed by atoms with Crippen molar-refractivity contribution in [3.63, 3.8) is 0 Å². The highest BCUT2D eigenvalue weighted by molar-refractivity contribution is 5.40. The van der Waals surface area contributed by atoms with E-state index in [1.807, 2.05) is 0 Å². The van der Waals surface area contributed by atoms with Gasteiger partial charge in [0.1, 0.15) is 5.75 Å². The molecule has 3 nitrogen and oxygen atoms in total. The summed E-state index contributed by atoms with van der Waals surface area (Å²) in [6.45, 7) is 3.26. The van der Waals surface area contributed by atoms with Gasteiger partial charge in [-0.3, -0.25) is 4.90 Å². The molecule has 1 aromatic rings. The molecule has 0 bridgehead atoms. The van der Waals surface area contributed by atoms with Gasteiger partial charge in [0, 0.05) is 32.2 Å². The fourth-order valence-corrected chi connectivity index (χ4v) is 3.63. The summed E-state index contributed by atoms with van der Waals surface area (Å²) in [6.07, 6.45) is -1.22. The number of methoxy groups -OCH3 is 1. The summed E-state index contributed by atoms with van der Waals surface area (Å²) in [7, 11) is 1.40. The summed E-state index contributed by atoms with van der Waals surface area (Å²) < 4.78 is 45.8. The first-order valence-electron chi connectivity index (χ1n) is 8.20. The first-order chi connectivity index (χ1) is 11.0. The van der Waals surface area contributed by atoms with Gasteiger partial charge in [0.2, 0.25) is 0 Å². The van der Waals surface area contributed by atoms with E-state index in [2.05, 4.69) is 10.2 Å². The van der Waals surface area contributed by atoms with E-state index in [-0.39, 0.29) is 11.8 Å². The van der Waals surface area contributed by atoms with Crippen LogP contribution in [-0.4, -0.2) is 38.2 Å². The van der Waals surface area contributed by atoms with Crippen molar-refractivity contribution in [1.29, 1.82) is 0 Å². The van der Waals surface area contributed by atoms with Crippen molar-refractivity contribution >= 4 is 0 Å². The van der Waals surface area contributed by atoms with Gasteiger partial charge >= 0.3 is 6.18 Å².